The van der Waals surface area contributed by atoms with E-state index in [4.69, 9.17) is 0 Å². The minimum atomic E-state index is -0.496. The molecular formula is C20H17FN8O2. The van der Waals surface area contributed by atoms with Gasteiger partial charge in [0.25, 0.3) is 0 Å². The standard InChI is InChI=1S/C20H17FN8O2/c21-14-5-1-3-7-16(14)26-9-11-27(12-10-26)19-18(29(30)31)20(23-13-22-19)28-17-8-4-2-6-15(17)24-25-28/h1-8,13H,9-12H2. The number of nitro groups is 1. The topological polar surface area (TPSA) is 106 Å². The van der Waals surface area contributed by atoms with Crippen LogP contribution in [0.2, 0.25) is 0 Å². The summed E-state index contributed by atoms with van der Waals surface area (Å²) in [6.45, 7) is 1.90. The van der Waals surface area contributed by atoms with Gasteiger partial charge in [-0.15, -0.1) is 5.10 Å². The maximum atomic E-state index is 14.1. The Morgan fingerprint density at radius 2 is 1.58 bits per heavy atom. The van der Waals surface area contributed by atoms with Crippen LogP contribution in [-0.4, -0.2) is 56.1 Å². The molecule has 0 N–H and O–H groups in total. The summed E-state index contributed by atoms with van der Waals surface area (Å²) in [6.07, 6.45) is 1.29. The van der Waals surface area contributed by atoms with Gasteiger partial charge in [0.1, 0.15) is 17.7 Å². The third kappa shape index (κ3) is 3.29. The zero-order chi connectivity index (χ0) is 21.4. The van der Waals surface area contributed by atoms with Crippen LogP contribution in [0, 0.1) is 15.9 Å². The third-order valence-corrected chi connectivity index (χ3v) is 5.29. The molecule has 0 spiro atoms. The summed E-state index contributed by atoms with van der Waals surface area (Å²) in [7, 11) is 0. The lowest BCUT2D eigenvalue weighted by Gasteiger charge is -2.36. The van der Waals surface area contributed by atoms with Gasteiger partial charge in [0.2, 0.25) is 11.6 Å². The van der Waals surface area contributed by atoms with Gasteiger partial charge < -0.3 is 9.80 Å². The summed E-state index contributed by atoms with van der Waals surface area (Å²) in [6, 6.07) is 13.7. The monoisotopic (exact) mass is 420 g/mol. The van der Waals surface area contributed by atoms with E-state index in [1.54, 1.807) is 36.4 Å². The number of aromatic nitrogens is 5. The van der Waals surface area contributed by atoms with Crippen molar-refractivity contribution in [1.82, 2.24) is 25.0 Å². The number of hydrogen-bond acceptors (Lipinski definition) is 8. The first-order valence-corrected chi connectivity index (χ1v) is 9.68. The molecule has 10 nitrogen and oxygen atoms in total. The second-order valence-corrected chi connectivity index (χ2v) is 7.04. The first-order valence-electron chi connectivity index (χ1n) is 9.68. The SMILES string of the molecule is O=[N+]([O-])c1c(N2CCN(c3ccccc3F)CC2)ncnc1-n1nnc2ccccc21. The quantitative estimate of drug-likeness (QED) is 0.366. The lowest BCUT2D eigenvalue weighted by atomic mass is 10.2. The summed E-state index contributed by atoms with van der Waals surface area (Å²) in [5.41, 5.74) is 1.50. The van der Waals surface area contributed by atoms with Crippen LogP contribution in [0.15, 0.2) is 54.9 Å². The maximum Gasteiger partial charge on any atom is 0.355 e. The molecule has 11 heteroatoms. The molecule has 31 heavy (non-hydrogen) atoms. The molecule has 0 saturated carbocycles. The Kier molecular flexibility index (Phi) is 4.62. The van der Waals surface area contributed by atoms with Crippen molar-refractivity contribution < 1.29 is 9.31 Å². The highest BCUT2D eigenvalue weighted by atomic mass is 19.1. The van der Waals surface area contributed by atoms with Crippen LogP contribution < -0.4 is 9.80 Å². The zero-order valence-electron chi connectivity index (χ0n) is 16.3. The highest BCUT2D eigenvalue weighted by Crippen LogP contribution is 2.32. The van der Waals surface area contributed by atoms with Gasteiger partial charge in [-0.3, -0.25) is 10.1 Å². The molecule has 156 valence electrons. The van der Waals surface area contributed by atoms with Crippen molar-refractivity contribution >= 4 is 28.2 Å². The second kappa shape index (κ2) is 7.59. The van der Waals surface area contributed by atoms with Gasteiger partial charge in [-0.05, 0) is 24.3 Å². The van der Waals surface area contributed by atoms with Crippen molar-refractivity contribution in [3.63, 3.8) is 0 Å². The molecule has 2 aromatic heterocycles. The number of halogens is 1. The van der Waals surface area contributed by atoms with Gasteiger partial charge >= 0.3 is 5.69 Å². The minimum absolute atomic E-state index is 0.0558. The van der Waals surface area contributed by atoms with E-state index in [0.717, 1.165) is 0 Å². The maximum absolute atomic E-state index is 14.1. The molecule has 5 rings (SSSR count). The molecule has 0 bridgehead atoms. The van der Waals surface area contributed by atoms with Crippen LogP contribution in [0.3, 0.4) is 0 Å². The van der Waals surface area contributed by atoms with Crippen LogP contribution >= 0.6 is 0 Å². The highest BCUT2D eigenvalue weighted by molar-refractivity contribution is 5.78. The van der Waals surface area contributed by atoms with Gasteiger partial charge in [0, 0.05) is 26.2 Å². The van der Waals surface area contributed by atoms with Gasteiger partial charge in [-0.25, -0.2) is 14.4 Å². The number of anilines is 2. The second-order valence-electron chi connectivity index (χ2n) is 7.04. The summed E-state index contributed by atoms with van der Waals surface area (Å²) >= 11 is 0. The van der Waals surface area contributed by atoms with Crippen LogP contribution in [0.5, 0.6) is 0 Å². The van der Waals surface area contributed by atoms with Gasteiger partial charge in [-0.1, -0.05) is 29.5 Å². The molecule has 4 aromatic rings. The van der Waals surface area contributed by atoms with Crippen LogP contribution in [0.4, 0.5) is 21.6 Å². The number of benzene rings is 2. The Hall–Kier alpha value is -4.15. The predicted octanol–water partition coefficient (Wildman–Crippen LogP) is 2.58. The smallest absolute Gasteiger partial charge is 0.355 e. The molecule has 1 fully saturated rings. The van der Waals surface area contributed by atoms with E-state index in [2.05, 4.69) is 20.3 Å². The molecule has 1 aliphatic rings. The van der Waals surface area contributed by atoms with Crippen molar-refractivity contribution in [1.29, 1.82) is 0 Å². The van der Waals surface area contributed by atoms with Crippen molar-refractivity contribution in [3.8, 4) is 5.82 Å². The lowest BCUT2D eigenvalue weighted by Crippen LogP contribution is -2.47. The first kappa shape index (κ1) is 18.9. The zero-order valence-corrected chi connectivity index (χ0v) is 16.3. The Morgan fingerprint density at radius 3 is 2.35 bits per heavy atom. The molecule has 3 heterocycles. The van der Waals surface area contributed by atoms with E-state index >= 15 is 0 Å². The number of rotatable bonds is 4. The largest absolute Gasteiger partial charge is 0.366 e. The van der Waals surface area contributed by atoms with Crippen molar-refractivity contribution in [2.45, 2.75) is 0 Å². The average Bonchev–Trinajstić information content (AvgIpc) is 3.23. The van der Waals surface area contributed by atoms with E-state index in [9.17, 15) is 14.5 Å². The number of fused-ring (bicyclic) bond motifs is 1. The van der Waals surface area contributed by atoms with Crippen molar-refractivity contribution in [2.24, 2.45) is 0 Å². The number of nitrogens with zero attached hydrogens (tertiary/aromatic N) is 8. The van der Waals surface area contributed by atoms with E-state index in [1.165, 1.54) is 17.1 Å². The number of para-hydroxylation sites is 2. The molecule has 0 amide bonds. The van der Waals surface area contributed by atoms with Gasteiger partial charge in [-0.2, -0.15) is 4.68 Å². The fourth-order valence-electron chi connectivity index (χ4n) is 3.80. The van der Waals surface area contributed by atoms with E-state index < -0.39 is 4.92 Å². The van der Waals surface area contributed by atoms with Crippen LogP contribution in [0.25, 0.3) is 16.9 Å². The number of hydrogen-bond donors (Lipinski definition) is 0. The lowest BCUT2D eigenvalue weighted by molar-refractivity contribution is -0.384. The average molecular weight is 420 g/mol. The molecular weight excluding hydrogens is 403 g/mol. The fourth-order valence-corrected chi connectivity index (χ4v) is 3.80. The summed E-state index contributed by atoms with van der Waals surface area (Å²) in [4.78, 5) is 23.6. The Labute approximate surface area is 175 Å². The van der Waals surface area contributed by atoms with E-state index in [-0.39, 0.29) is 23.1 Å². The Bertz CT molecular complexity index is 1270. The van der Waals surface area contributed by atoms with E-state index in [1.807, 2.05) is 15.9 Å². The van der Waals surface area contributed by atoms with Crippen molar-refractivity contribution in [2.75, 3.05) is 36.0 Å². The molecule has 1 aliphatic heterocycles. The summed E-state index contributed by atoms with van der Waals surface area (Å²) in [5.74, 6) is -0.0210. The van der Waals surface area contributed by atoms with Crippen LogP contribution in [0.1, 0.15) is 0 Å². The molecule has 0 unspecified atom stereocenters. The molecule has 2 aromatic carbocycles. The minimum Gasteiger partial charge on any atom is -0.366 e. The Balaban J connectivity index is 1.49. The third-order valence-electron chi connectivity index (χ3n) is 5.29. The summed E-state index contributed by atoms with van der Waals surface area (Å²) < 4.78 is 15.5. The number of piperazine rings is 1. The van der Waals surface area contributed by atoms with Gasteiger partial charge in [0.05, 0.1) is 16.1 Å². The van der Waals surface area contributed by atoms with E-state index in [0.29, 0.717) is 42.9 Å². The predicted molar refractivity (Wildman–Crippen MR) is 112 cm³/mol. The molecule has 0 aliphatic carbocycles. The first-order chi connectivity index (χ1) is 15.1. The van der Waals surface area contributed by atoms with Gasteiger partial charge in [0.15, 0.2) is 0 Å². The van der Waals surface area contributed by atoms with Crippen LogP contribution in [-0.2, 0) is 0 Å². The molecule has 0 radical (unpaired) electrons. The van der Waals surface area contributed by atoms with Crippen molar-refractivity contribution in [3.05, 3.63) is 70.8 Å². The highest BCUT2D eigenvalue weighted by Gasteiger charge is 2.31. The fraction of sp³-hybridized carbons (Fsp3) is 0.200. The molecule has 0 atom stereocenters. The Morgan fingerprint density at radius 1 is 0.903 bits per heavy atom. The normalized spacial score (nSPS) is 14.2. The summed E-state index contributed by atoms with van der Waals surface area (Å²) in [5, 5.41) is 20.1. The molecule has 1 saturated heterocycles.